The van der Waals surface area contributed by atoms with Crippen molar-refractivity contribution in [1.29, 1.82) is 0 Å². The number of fused-ring (bicyclic) bond motifs is 1. The third-order valence-corrected chi connectivity index (χ3v) is 5.07. The molecule has 1 aliphatic carbocycles. The maximum Gasteiger partial charge on any atom is 0.227 e. The number of amides is 2. The van der Waals surface area contributed by atoms with Gasteiger partial charge in [0.15, 0.2) is 0 Å². The average Bonchev–Trinajstić information content (AvgIpc) is 3.15. The zero-order valence-corrected chi connectivity index (χ0v) is 12.7. The van der Waals surface area contributed by atoms with Gasteiger partial charge in [-0.1, -0.05) is 12.2 Å². The van der Waals surface area contributed by atoms with Gasteiger partial charge in [0, 0.05) is 39.2 Å². The summed E-state index contributed by atoms with van der Waals surface area (Å²) in [6.07, 6.45) is 6.90. The monoisotopic (exact) mass is 292 g/mol. The number of carbonyl (C=O) groups excluding carboxylic acids is 2. The lowest BCUT2D eigenvalue weighted by Gasteiger charge is -2.33. The highest BCUT2D eigenvalue weighted by molar-refractivity contribution is 5.84. The van der Waals surface area contributed by atoms with Gasteiger partial charge in [0.1, 0.15) is 0 Å². The molecule has 3 rings (SSSR count). The quantitative estimate of drug-likeness (QED) is 0.724. The topological polar surface area (TPSA) is 49.9 Å². The normalized spacial score (nSPS) is 29.3. The van der Waals surface area contributed by atoms with Crippen LogP contribution in [0.25, 0.3) is 0 Å². The van der Waals surface area contributed by atoms with Crippen molar-refractivity contribution in [3.05, 3.63) is 12.2 Å². The van der Waals surface area contributed by atoms with Crippen LogP contribution in [-0.4, -0.2) is 61.5 Å². The Morgan fingerprint density at radius 1 is 1.33 bits per heavy atom. The molecule has 2 aliphatic heterocycles. The van der Waals surface area contributed by atoms with Gasteiger partial charge in [0.05, 0.1) is 12.5 Å². The van der Waals surface area contributed by atoms with E-state index in [2.05, 4.69) is 12.2 Å². The predicted octanol–water partition coefficient (Wildman–Crippen LogP) is 0.906. The van der Waals surface area contributed by atoms with Crippen molar-refractivity contribution < 1.29 is 14.3 Å². The van der Waals surface area contributed by atoms with Gasteiger partial charge in [-0.05, 0) is 25.2 Å². The fourth-order valence-electron chi connectivity index (χ4n) is 3.79. The van der Waals surface area contributed by atoms with Gasteiger partial charge < -0.3 is 14.5 Å². The summed E-state index contributed by atoms with van der Waals surface area (Å²) in [7, 11) is 1.66. The van der Waals surface area contributed by atoms with Crippen LogP contribution < -0.4 is 0 Å². The molecular weight excluding hydrogens is 268 g/mol. The first-order valence-corrected chi connectivity index (χ1v) is 7.92. The van der Waals surface area contributed by atoms with Crippen LogP contribution in [0, 0.1) is 17.8 Å². The van der Waals surface area contributed by atoms with Gasteiger partial charge in [0.25, 0.3) is 0 Å². The largest absolute Gasteiger partial charge is 0.383 e. The number of piperidine rings is 1. The molecule has 0 unspecified atom stereocenters. The third-order valence-electron chi connectivity index (χ3n) is 5.07. The summed E-state index contributed by atoms with van der Waals surface area (Å²) in [5.74, 6) is 0.933. The van der Waals surface area contributed by atoms with Crippen molar-refractivity contribution in [3.63, 3.8) is 0 Å². The van der Waals surface area contributed by atoms with Crippen LogP contribution in [-0.2, 0) is 14.3 Å². The minimum Gasteiger partial charge on any atom is -0.383 e. The molecular formula is C16H24N2O3. The van der Waals surface area contributed by atoms with Crippen molar-refractivity contribution in [2.24, 2.45) is 17.8 Å². The van der Waals surface area contributed by atoms with E-state index in [0.29, 0.717) is 25.6 Å². The van der Waals surface area contributed by atoms with Crippen molar-refractivity contribution in [2.45, 2.75) is 19.3 Å². The van der Waals surface area contributed by atoms with Crippen molar-refractivity contribution in [1.82, 2.24) is 9.80 Å². The maximum absolute atomic E-state index is 12.5. The van der Waals surface area contributed by atoms with Gasteiger partial charge in [-0.2, -0.15) is 0 Å². The summed E-state index contributed by atoms with van der Waals surface area (Å²) < 4.78 is 5.07. The molecule has 116 valence electrons. The van der Waals surface area contributed by atoms with Crippen LogP contribution >= 0.6 is 0 Å². The van der Waals surface area contributed by atoms with E-state index >= 15 is 0 Å². The molecule has 5 heteroatoms. The summed E-state index contributed by atoms with van der Waals surface area (Å²) in [5, 5.41) is 0. The Balaban J connectivity index is 1.60. The molecule has 2 atom stereocenters. The number of rotatable bonds is 4. The summed E-state index contributed by atoms with van der Waals surface area (Å²) in [5.41, 5.74) is 0. The molecule has 5 nitrogen and oxygen atoms in total. The maximum atomic E-state index is 12.5. The lowest BCUT2D eigenvalue weighted by Crippen LogP contribution is -2.46. The van der Waals surface area contributed by atoms with Gasteiger partial charge in [-0.15, -0.1) is 0 Å². The van der Waals surface area contributed by atoms with Crippen LogP contribution in [0.1, 0.15) is 19.3 Å². The van der Waals surface area contributed by atoms with E-state index in [-0.39, 0.29) is 23.7 Å². The Morgan fingerprint density at radius 2 is 2.10 bits per heavy atom. The lowest BCUT2D eigenvalue weighted by molar-refractivity contribution is -0.140. The number of ether oxygens (including phenoxy) is 1. The number of nitrogens with zero attached hydrogens (tertiary/aromatic N) is 2. The standard InChI is InChI=1S/C16H24N2O3/c1-21-9-8-17-7-6-13-10-18(11-14(13)16(17)20)15(19)12-4-2-3-5-12/h2-3,12-14H,4-11H2,1H3/t13-,14-/m1/s1. The van der Waals surface area contributed by atoms with Crippen LogP contribution in [0.3, 0.4) is 0 Å². The first-order chi connectivity index (χ1) is 10.2. The van der Waals surface area contributed by atoms with Crippen molar-refractivity contribution in [2.75, 3.05) is 39.9 Å². The van der Waals surface area contributed by atoms with E-state index in [1.165, 1.54) is 0 Å². The Morgan fingerprint density at radius 3 is 2.81 bits per heavy atom. The first-order valence-electron chi connectivity index (χ1n) is 7.92. The number of allylic oxidation sites excluding steroid dienone is 2. The second-order valence-electron chi connectivity index (χ2n) is 6.36. The smallest absolute Gasteiger partial charge is 0.227 e. The third kappa shape index (κ3) is 2.84. The Hall–Kier alpha value is -1.36. The molecule has 0 aromatic rings. The van der Waals surface area contributed by atoms with Crippen molar-refractivity contribution in [3.8, 4) is 0 Å². The summed E-state index contributed by atoms with van der Waals surface area (Å²) in [4.78, 5) is 28.8. The van der Waals surface area contributed by atoms with Crippen LogP contribution in [0.2, 0.25) is 0 Å². The number of likely N-dealkylation sites (tertiary alicyclic amines) is 2. The molecule has 0 bridgehead atoms. The molecule has 0 saturated carbocycles. The van der Waals surface area contributed by atoms with E-state index < -0.39 is 0 Å². The fraction of sp³-hybridized carbons (Fsp3) is 0.750. The number of hydrogen-bond donors (Lipinski definition) is 0. The van der Waals surface area contributed by atoms with E-state index in [4.69, 9.17) is 4.74 Å². The SMILES string of the molecule is COCCN1CC[C@@H]2CN(C(=O)C3CC=CC3)C[C@H]2C1=O. The molecule has 21 heavy (non-hydrogen) atoms. The minimum atomic E-state index is 0.00826. The Kier molecular flexibility index (Phi) is 4.29. The molecule has 2 fully saturated rings. The lowest BCUT2D eigenvalue weighted by atomic mass is 9.88. The molecule has 2 heterocycles. The van der Waals surface area contributed by atoms with Crippen LogP contribution in [0.15, 0.2) is 12.2 Å². The molecule has 0 spiro atoms. The molecule has 0 radical (unpaired) electrons. The van der Waals surface area contributed by atoms with Gasteiger partial charge in [0.2, 0.25) is 11.8 Å². The molecule has 0 aromatic carbocycles. The Bertz CT molecular complexity index is 441. The molecule has 0 aromatic heterocycles. The highest BCUT2D eigenvalue weighted by Crippen LogP contribution is 2.34. The molecule has 3 aliphatic rings. The van der Waals surface area contributed by atoms with E-state index in [1.54, 1.807) is 7.11 Å². The second kappa shape index (κ2) is 6.18. The predicted molar refractivity (Wildman–Crippen MR) is 78.5 cm³/mol. The highest BCUT2D eigenvalue weighted by atomic mass is 16.5. The second-order valence-corrected chi connectivity index (χ2v) is 6.36. The Labute approximate surface area is 125 Å². The van der Waals surface area contributed by atoms with Crippen LogP contribution in [0.5, 0.6) is 0 Å². The van der Waals surface area contributed by atoms with Crippen LogP contribution in [0.4, 0.5) is 0 Å². The number of carbonyl (C=O) groups is 2. The molecule has 2 amide bonds. The minimum absolute atomic E-state index is 0.00826. The van der Waals surface area contributed by atoms with E-state index in [9.17, 15) is 9.59 Å². The van der Waals surface area contributed by atoms with Gasteiger partial charge in [-0.3, -0.25) is 9.59 Å². The van der Waals surface area contributed by atoms with Gasteiger partial charge >= 0.3 is 0 Å². The molecule has 2 saturated heterocycles. The zero-order valence-electron chi connectivity index (χ0n) is 12.7. The van der Waals surface area contributed by atoms with E-state index in [1.807, 2.05) is 9.80 Å². The fourth-order valence-corrected chi connectivity index (χ4v) is 3.79. The summed E-state index contributed by atoms with van der Waals surface area (Å²) in [6.45, 7) is 3.43. The highest BCUT2D eigenvalue weighted by Gasteiger charge is 2.44. The van der Waals surface area contributed by atoms with Crippen molar-refractivity contribution >= 4 is 11.8 Å². The summed E-state index contributed by atoms with van der Waals surface area (Å²) >= 11 is 0. The van der Waals surface area contributed by atoms with Gasteiger partial charge in [-0.25, -0.2) is 0 Å². The number of methoxy groups -OCH3 is 1. The number of hydrogen-bond acceptors (Lipinski definition) is 3. The first kappa shape index (κ1) is 14.6. The average molecular weight is 292 g/mol. The van der Waals surface area contributed by atoms with E-state index in [0.717, 1.165) is 32.4 Å². The zero-order chi connectivity index (χ0) is 14.8. The molecule has 0 N–H and O–H groups in total. The summed E-state index contributed by atoms with van der Waals surface area (Å²) in [6, 6.07) is 0.